The van der Waals surface area contributed by atoms with Crippen molar-refractivity contribution in [3.05, 3.63) is 65.7 Å². The molecule has 0 fully saturated rings. The van der Waals surface area contributed by atoms with Crippen LogP contribution in [0.4, 0.5) is 0 Å². The quantitative estimate of drug-likeness (QED) is 0.604. The number of benzene rings is 2. The normalized spacial score (nSPS) is 9.95. The van der Waals surface area contributed by atoms with Gasteiger partial charge >= 0.3 is 5.97 Å². The highest BCUT2D eigenvalue weighted by Crippen LogP contribution is 2.14. The van der Waals surface area contributed by atoms with Gasteiger partial charge in [-0.25, -0.2) is 4.79 Å². The lowest BCUT2D eigenvalue weighted by atomic mass is 10.1. The molecule has 2 aromatic carbocycles. The molecular formula is C17H16O4. The molecule has 0 saturated heterocycles. The van der Waals surface area contributed by atoms with E-state index >= 15 is 0 Å². The van der Waals surface area contributed by atoms with E-state index in [2.05, 4.69) is 4.74 Å². The number of Topliss-reactive ketones (excluding diaryl/α,β-unsaturated/α-hetero) is 1. The van der Waals surface area contributed by atoms with E-state index in [4.69, 9.17) is 4.74 Å². The van der Waals surface area contributed by atoms with E-state index < -0.39 is 11.8 Å². The third-order valence-corrected chi connectivity index (χ3v) is 2.95. The molecule has 0 amide bonds. The summed E-state index contributed by atoms with van der Waals surface area (Å²) in [4.78, 5) is 22.5. The van der Waals surface area contributed by atoms with E-state index in [9.17, 15) is 9.59 Å². The molecule has 0 atom stereocenters. The highest BCUT2D eigenvalue weighted by atomic mass is 16.5. The van der Waals surface area contributed by atoms with Crippen LogP contribution in [0.1, 0.15) is 11.1 Å². The third kappa shape index (κ3) is 4.45. The van der Waals surface area contributed by atoms with Crippen molar-refractivity contribution in [2.75, 3.05) is 7.11 Å². The Hall–Kier alpha value is -2.62. The minimum Gasteiger partial charge on any atom is -0.489 e. The Morgan fingerprint density at radius 3 is 2.19 bits per heavy atom. The number of esters is 1. The number of hydrogen-bond donors (Lipinski definition) is 0. The molecule has 0 saturated carbocycles. The Morgan fingerprint density at radius 1 is 0.905 bits per heavy atom. The van der Waals surface area contributed by atoms with E-state index in [0.717, 1.165) is 11.1 Å². The second kappa shape index (κ2) is 7.24. The fraction of sp³-hybridized carbons (Fsp3) is 0.176. The first-order valence-corrected chi connectivity index (χ1v) is 6.56. The zero-order valence-electron chi connectivity index (χ0n) is 11.7. The molecule has 4 heteroatoms. The summed E-state index contributed by atoms with van der Waals surface area (Å²) in [7, 11) is 1.20. The average Bonchev–Trinajstić information content (AvgIpc) is 2.54. The Kier molecular flexibility index (Phi) is 5.10. The van der Waals surface area contributed by atoms with Crippen molar-refractivity contribution < 1.29 is 19.1 Å². The maximum Gasteiger partial charge on any atom is 0.374 e. The number of ketones is 1. The van der Waals surface area contributed by atoms with Gasteiger partial charge in [0.05, 0.1) is 7.11 Å². The molecule has 2 rings (SSSR count). The minimum atomic E-state index is -0.820. The molecule has 0 aliphatic carbocycles. The molecule has 0 aromatic heterocycles. The van der Waals surface area contributed by atoms with Crippen LogP contribution in [0.25, 0.3) is 0 Å². The molecule has 2 aromatic rings. The summed E-state index contributed by atoms with van der Waals surface area (Å²) in [5, 5.41) is 0. The predicted octanol–water partition coefficient (Wildman–Crippen LogP) is 2.55. The molecule has 0 aliphatic heterocycles. The van der Waals surface area contributed by atoms with Gasteiger partial charge in [-0.15, -0.1) is 0 Å². The molecule has 21 heavy (non-hydrogen) atoms. The SMILES string of the molecule is COC(=O)C(=O)Cc1ccc(OCc2ccccc2)cc1. The van der Waals surface area contributed by atoms with Gasteiger partial charge in [0.1, 0.15) is 12.4 Å². The Labute approximate surface area is 123 Å². The van der Waals surface area contributed by atoms with Gasteiger partial charge < -0.3 is 9.47 Å². The largest absolute Gasteiger partial charge is 0.489 e. The van der Waals surface area contributed by atoms with Gasteiger partial charge in [0.15, 0.2) is 0 Å². The first-order chi connectivity index (χ1) is 10.2. The summed E-state index contributed by atoms with van der Waals surface area (Å²) in [6, 6.07) is 16.9. The van der Waals surface area contributed by atoms with E-state index in [-0.39, 0.29) is 6.42 Å². The van der Waals surface area contributed by atoms with Crippen molar-refractivity contribution in [1.82, 2.24) is 0 Å². The Bertz CT molecular complexity index is 602. The summed E-state index contributed by atoms with van der Waals surface area (Å²) in [6.45, 7) is 0.487. The average molecular weight is 284 g/mol. The van der Waals surface area contributed by atoms with Crippen LogP contribution in [-0.4, -0.2) is 18.9 Å². The first-order valence-electron chi connectivity index (χ1n) is 6.56. The highest BCUT2D eigenvalue weighted by Gasteiger charge is 2.14. The molecule has 0 heterocycles. The van der Waals surface area contributed by atoms with Crippen LogP contribution in [-0.2, 0) is 27.4 Å². The summed E-state index contributed by atoms with van der Waals surface area (Å²) >= 11 is 0. The number of ether oxygens (including phenoxy) is 2. The summed E-state index contributed by atoms with van der Waals surface area (Å²) < 4.78 is 10.0. The lowest BCUT2D eigenvalue weighted by molar-refractivity contribution is -0.151. The van der Waals surface area contributed by atoms with Crippen LogP contribution in [0.5, 0.6) is 5.75 Å². The molecule has 0 spiro atoms. The van der Waals surface area contributed by atoms with Gasteiger partial charge in [-0.2, -0.15) is 0 Å². The number of rotatable bonds is 6. The van der Waals surface area contributed by atoms with Gasteiger partial charge in [0, 0.05) is 6.42 Å². The molecule has 0 radical (unpaired) electrons. The van der Waals surface area contributed by atoms with Gasteiger partial charge in [0.2, 0.25) is 5.78 Å². The second-order valence-electron chi connectivity index (χ2n) is 4.51. The van der Waals surface area contributed by atoms with E-state index in [1.165, 1.54) is 7.11 Å². The van der Waals surface area contributed by atoms with E-state index in [1.807, 2.05) is 30.3 Å². The summed E-state index contributed by atoms with van der Waals surface area (Å²) in [6.07, 6.45) is 0.0334. The first kappa shape index (κ1) is 14.8. The molecule has 108 valence electrons. The number of carbonyl (C=O) groups excluding carboxylic acids is 2. The zero-order valence-corrected chi connectivity index (χ0v) is 11.7. The topological polar surface area (TPSA) is 52.6 Å². The van der Waals surface area contributed by atoms with Gasteiger partial charge in [-0.05, 0) is 23.3 Å². The predicted molar refractivity (Wildman–Crippen MR) is 77.9 cm³/mol. The van der Waals surface area contributed by atoms with Gasteiger partial charge in [-0.1, -0.05) is 42.5 Å². The molecular weight excluding hydrogens is 268 g/mol. The van der Waals surface area contributed by atoms with Crippen LogP contribution in [0.2, 0.25) is 0 Å². The summed E-state index contributed by atoms with van der Waals surface area (Å²) in [5.74, 6) is -0.664. The number of carbonyl (C=O) groups is 2. The van der Waals surface area contributed by atoms with Crippen LogP contribution < -0.4 is 4.74 Å². The number of methoxy groups -OCH3 is 1. The van der Waals surface area contributed by atoms with Crippen LogP contribution in [0.15, 0.2) is 54.6 Å². The minimum absolute atomic E-state index is 0.0334. The standard InChI is InChI=1S/C17H16O4/c1-20-17(19)16(18)11-13-7-9-15(10-8-13)21-12-14-5-3-2-4-6-14/h2-10H,11-12H2,1H3. The lowest BCUT2D eigenvalue weighted by Gasteiger charge is -2.07. The van der Waals surface area contributed by atoms with Crippen LogP contribution in [0.3, 0.4) is 0 Å². The van der Waals surface area contributed by atoms with Crippen molar-refractivity contribution in [2.45, 2.75) is 13.0 Å². The van der Waals surface area contributed by atoms with Gasteiger partial charge in [-0.3, -0.25) is 4.79 Å². The van der Waals surface area contributed by atoms with Crippen molar-refractivity contribution in [2.24, 2.45) is 0 Å². The highest BCUT2D eigenvalue weighted by molar-refractivity contribution is 6.34. The van der Waals surface area contributed by atoms with Crippen molar-refractivity contribution in [3.63, 3.8) is 0 Å². The monoisotopic (exact) mass is 284 g/mol. The molecule has 0 N–H and O–H groups in total. The maximum atomic E-state index is 11.4. The number of hydrogen-bond acceptors (Lipinski definition) is 4. The van der Waals surface area contributed by atoms with Crippen molar-refractivity contribution >= 4 is 11.8 Å². The fourth-order valence-electron chi connectivity index (χ4n) is 1.82. The molecule has 0 unspecified atom stereocenters. The fourth-order valence-corrected chi connectivity index (χ4v) is 1.82. The third-order valence-electron chi connectivity index (χ3n) is 2.95. The lowest BCUT2D eigenvalue weighted by Crippen LogP contribution is -2.17. The Morgan fingerprint density at radius 2 is 1.57 bits per heavy atom. The van der Waals surface area contributed by atoms with Crippen molar-refractivity contribution in [1.29, 1.82) is 0 Å². The smallest absolute Gasteiger partial charge is 0.374 e. The van der Waals surface area contributed by atoms with Crippen molar-refractivity contribution in [3.8, 4) is 5.75 Å². The van der Waals surface area contributed by atoms with Crippen LogP contribution in [0, 0.1) is 0 Å². The van der Waals surface area contributed by atoms with E-state index in [0.29, 0.717) is 12.4 Å². The zero-order chi connectivity index (χ0) is 15.1. The molecule has 0 aliphatic rings. The molecule has 4 nitrogen and oxygen atoms in total. The second-order valence-corrected chi connectivity index (χ2v) is 4.51. The van der Waals surface area contributed by atoms with E-state index in [1.54, 1.807) is 24.3 Å². The Balaban J connectivity index is 1.90. The molecule has 0 bridgehead atoms. The summed E-state index contributed by atoms with van der Waals surface area (Å²) in [5.41, 5.74) is 1.83. The maximum absolute atomic E-state index is 11.4. The van der Waals surface area contributed by atoms with Gasteiger partial charge in [0.25, 0.3) is 0 Å². The van der Waals surface area contributed by atoms with Crippen LogP contribution >= 0.6 is 0 Å².